The Morgan fingerprint density at radius 3 is 3.36 bits per heavy atom. The smallest absolute Gasteiger partial charge is 0.124 e. The summed E-state index contributed by atoms with van der Waals surface area (Å²) in [4.78, 5) is 1.47. The maximum Gasteiger partial charge on any atom is 0.124 e. The Hall–Kier alpha value is -1.00. The third kappa shape index (κ3) is 1.22. The van der Waals surface area contributed by atoms with Crippen LogP contribution in [0.1, 0.15) is 16.5 Å². The third-order valence-corrected chi connectivity index (χ3v) is 3.61. The first-order valence-corrected chi connectivity index (χ1v) is 5.68. The lowest BCUT2D eigenvalue weighted by atomic mass is 10.0. The highest BCUT2D eigenvalue weighted by Crippen LogP contribution is 2.34. The van der Waals surface area contributed by atoms with Crippen molar-refractivity contribution < 1.29 is 4.74 Å². The van der Waals surface area contributed by atoms with Gasteiger partial charge in [-0.25, -0.2) is 0 Å². The Bertz CT molecular complexity index is 372. The van der Waals surface area contributed by atoms with Crippen molar-refractivity contribution in [3.63, 3.8) is 0 Å². The fraction of sp³-hybridized carbons (Fsp3) is 0.400. The maximum atomic E-state index is 5.78. The van der Waals surface area contributed by atoms with Gasteiger partial charge in [0.15, 0.2) is 0 Å². The van der Waals surface area contributed by atoms with E-state index in [4.69, 9.17) is 4.74 Å². The molecular formula is C10H12N2OS. The van der Waals surface area contributed by atoms with Gasteiger partial charge in [-0.15, -0.1) is 11.3 Å². The number of hydrogen-bond donors (Lipinski definition) is 2. The van der Waals surface area contributed by atoms with Gasteiger partial charge in [-0.3, -0.25) is 0 Å². The van der Waals surface area contributed by atoms with Gasteiger partial charge in [-0.2, -0.15) is 0 Å². The largest absolute Gasteiger partial charge is 0.372 e. The lowest BCUT2D eigenvalue weighted by molar-refractivity contribution is 0.0649. The van der Waals surface area contributed by atoms with Gasteiger partial charge in [0.1, 0.15) is 6.10 Å². The van der Waals surface area contributed by atoms with E-state index in [9.17, 15) is 0 Å². The number of nitrogens with one attached hydrogen (secondary N) is 2. The quantitative estimate of drug-likeness (QED) is 0.731. The summed E-state index contributed by atoms with van der Waals surface area (Å²) in [7, 11) is 0. The standard InChI is InChI=1S/C10H12N2OS/c1-3-13-10(8-5-11-6-12-8)7-2-4-14-9(1)7/h2,4-5,10-12H,1,3,6H2. The first-order valence-electron chi connectivity index (χ1n) is 4.80. The van der Waals surface area contributed by atoms with E-state index in [-0.39, 0.29) is 6.10 Å². The molecule has 14 heavy (non-hydrogen) atoms. The van der Waals surface area contributed by atoms with Crippen molar-refractivity contribution in [2.75, 3.05) is 13.3 Å². The summed E-state index contributed by atoms with van der Waals surface area (Å²) in [6, 6.07) is 2.17. The number of ether oxygens (including phenoxy) is 1. The van der Waals surface area contributed by atoms with E-state index in [2.05, 4.69) is 22.1 Å². The fourth-order valence-electron chi connectivity index (χ4n) is 1.94. The topological polar surface area (TPSA) is 33.3 Å². The Balaban J connectivity index is 1.95. The average molecular weight is 208 g/mol. The van der Waals surface area contributed by atoms with E-state index < -0.39 is 0 Å². The van der Waals surface area contributed by atoms with Crippen molar-refractivity contribution in [3.8, 4) is 0 Å². The summed E-state index contributed by atoms with van der Waals surface area (Å²) in [5.74, 6) is 0. The van der Waals surface area contributed by atoms with Crippen molar-refractivity contribution >= 4 is 11.3 Å². The van der Waals surface area contributed by atoms with Gasteiger partial charge in [0.05, 0.1) is 19.0 Å². The van der Waals surface area contributed by atoms with Gasteiger partial charge in [0, 0.05) is 23.1 Å². The summed E-state index contributed by atoms with van der Waals surface area (Å²) < 4.78 is 5.78. The van der Waals surface area contributed by atoms with Gasteiger partial charge in [0.25, 0.3) is 0 Å². The molecule has 1 aromatic heterocycles. The molecule has 2 N–H and O–H groups in total. The van der Waals surface area contributed by atoms with Crippen molar-refractivity contribution in [3.05, 3.63) is 33.8 Å². The van der Waals surface area contributed by atoms with Crippen LogP contribution < -0.4 is 10.6 Å². The lowest BCUT2D eigenvalue weighted by Crippen LogP contribution is -2.23. The van der Waals surface area contributed by atoms with E-state index in [1.807, 2.05) is 17.5 Å². The molecule has 0 bridgehead atoms. The molecule has 2 aliphatic rings. The minimum absolute atomic E-state index is 0.125. The van der Waals surface area contributed by atoms with Crippen molar-refractivity contribution in [1.29, 1.82) is 0 Å². The second-order valence-corrected chi connectivity index (χ2v) is 4.46. The highest BCUT2D eigenvalue weighted by molar-refractivity contribution is 7.10. The molecule has 0 radical (unpaired) electrons. The molecular weight excluding hydrogens is 196 g/mol. The molecule has 1 unspecified atom stereocenters. The second-order valence-electron chi connectivity index (χ2n) is 3.46. The number of fused-ring (bicyclic) bond motifs is 1. The zero-order chi connectivity index (χ0) is 9.38. The SMILES string of the molecule is C1=C(C2OCCc3sccc32)NCN1. The molecule has 1 aromatic rings. The first-order chi connectivity index (χ1) is 6.95. The molecule has 0 fully saturated rings. The molecule has 0 saturated carbocycles. The summed E-state index contributed by atoms with van der Waals surface area (Å²) in [6.07, 6.45) is 3.20. The van der Waals surface area contributed by atoms with Gasteiger partial charge < -0.3 is 15.4 Å². The molecule has 0 aromatic carbocycles. The number of rotatable bonds is 1. The van der Waals surface area contributed by atoms with Crippen molar-refractivity contribution in [2.24, 2.45) is 0 Å². The lowest BCUT2D eigenvalue weighted by Gasteiger charge is -2.24. The fourth-order valence-corrected chi connectivity index (χ4v) is 2.83. The van der Waals surface area contributed by atoms with Gasteiger partial charge >= 0.3 is 0 Å². The molecule has 1 atom stereocenters. The molecule has 0 spiro atoms. The van der Waals surface area contributed by atoms with E-state index in [1.54, 1.807) is 0 Å². The summed E-state index contributed by atoms with van der Waals surface area (Å²) in [5.41, 5.74) is 2.49. The molecule has 74 valence electrons. The monoisotopic (exact) mass is 208 g/mol. The van der Waals surface area contributed by atoms with Crippen LogP contribution in [0.2, 0.25) is 0 Å². The Morgan fingerprint density at radius 2 is 2.50 bits per heavy atom. The molecule has 2 aliphatic heterocycles. The molecule has 3 heterocycles. The Morgan fingerprint density at radius 1 is 1.50 bits per heavy atom. The minimum atomic E-state index is 0.125. The zero-order valence-electron chi connectivity index (χ0n) is 7.75. The van der Waals surface area contributed by atoms with Crippen LogP contribution >= 0.6 is 11.3 Å². The van der Waals surface area contributed by atoms with Crippen LogP contribution in [0, 0.1) is 0 Å². The first kappa shape index (κ1) is 8.32. The van der Waals surface area contributed by atoms with Gasteiger partial charge in [-0.05, 0) is 11.4 Å². The van der Waals surface area contributed by atoms with Gasteiger partial charge in [0.2, 0.25) is 0 Å². The molecule has 4 heteroatoms. The van der Waals surface area contributed by atoms with E-state index in [1.165, 1.54) is 10.4 Å². The van der Waals surface area contributed by atoms with Crippen LogP contribution in [-0.4, -0.2) is 13.3 Å². The van der Waals surface area contributed by atoms with Crippen LogP contribution in [0.4, 0.5) is 0 Å². The van der Waals surface area contributed by atoms with E-state index in [0.29, 0.717) is 0 Å². The van der Waals surface area contributed by atoms with E-state index >= 15 is 0 Å². The van der Waals surface area contributed by atoms with E-state index in [0.717, 1.165) is 25.4 Å². The summed E-state index contributed by atoms with van der Waals surface area (Å²) in [6.45, 7) is 1.64. The Kier molecular flexibility index (Phi) is 1.96. The zero-order valence-corrected chi connectivity index (χ0v) is 8.56. The van der Waals surface area contributed by atoms with Crippen LogP contribution in [0.25, 0.3) is 0 Å². The average Bonchev–Trinajstić information content (AvgIpc) is 2.88. The molecule has 0 saturated heterocycles. The summed E-state index contributed by atoms with van der Waals surface area (Å²) in [5, 5.41) is 8.58. The van der Waals surface area contributed by atoms with Crippen LogP contribution in [-0.2, 0) is 11.2 Å². The Labute approximate surface area is 86.8 Å². The highest BCUT2D eigenvalue weighted by Gasteiger charge is 2.26. The molecule has 3 nitrogen and oxygen atoms in total. The summed E-state index contributed by atoms with van der Waals surface area (Å²) >= 11 is 1.83. The van der Waals surface area contributed by atoms with Crippen LogP contribution in [0.3, 0.4) is 0 Å². The van der Waals surface area contributed by atoms with Crippen molar-refractivity contribution in [2.45, 2.75) is 12.5 Å². The number of hydrogen-bond acceptors (Lipinski definition) is 4. The highest BCUT2D eigenvalue weighted by atomic mass is 32.1. The van der Waals surface area contributed by atoms with Crippen LogP contribution in [0.5, 0.6) is 0 Å². The minimum Gasteiger partial charge on any atom is -0.372 e. The third-order valence-electron chi connectivity index (χ3n) is 2.61. The predicted molar refractivity (Wildman–Crippen MR) is 55.9 cm³/mol. The molecule has 3 rings (SSSR count). The van der Waals surface area contributed by atoms with Gasteiger partial charge in [-0.1, -0.05) is 0 Å². The molecule has 0 aliphatic carbocycles. The normalized spacial score (nSPS) is 24.9. The predicted octanol–water partition coefficient (Wildman–Crippen LogP) is 1.35. The van der Waals surface area contributed by atoms with Crippen molar-refractivity contribution in [1.82, 2.24) is 10.6 Å². The van der Waals surface area contributed by atoms with Crippen LogP contribution in [0.15, 0.2) is 23.3 Å². The second kappa shape index (κ2) is 3.29. The number of thiophene rings is 1. The maximum absolute atomic E-state index is 5.78. The molecule has 0 amide bonds.